The molecule has 0 spiro atoms. The molecule has 200 valence electrons. The van der Waals surface area contributed by atoms with Crippen LogP contribution in [0.2, 0.25) is 10.0 Å². The van der Waals surface area contributed by atoms with E-state index in [0.29, 0.717) is 75.0 Å². The van der Waals surface area contributed by atoms with Gasteiger partial charge >= 0.3 is 0 Å². The van der Waals surface area contributed by atoms with Gasteiger partial charge in [0.25, 0.3) is 0 Å². The molecule has 9 nitrogen and oxygen atoms in total. The van der Waals surface area contributed by atoms with Gasteiger partial charge in [-0.15, -0.1) is 0 Å². The second-order valence-electron chi connectivity index (χ2n) is 8.93. The lowest BCUT2D eigenvalue weighted by Crippen LogP contribution is -2.30. The van der Waals surface area contributed by atoms with E-state index >= 15 is 0 Å². The number of benzene rings is 1. The molecule has 0 bridgehead atoms. The normalized spacial score (nSPS) is 16.7. The topological polar surface area (TPSA) is 108 Å². The summed E-state index contributed by atoms with van der Waals surface area (Å²) in [6.45, 7) is 4.49. The minimum absolute atomic E-state index is 0.0118. The maximum atomic E-state index is 11.9. The van der Waals surface area contributed by atoms with Crippen LogP contribution in [0.1, 0.15) is 6.42 Å². The molecule has 1 aliphatic rings. The summed E-state index contributed by atoms with van der Waals surface area (Å²) in [6.07, 6.45) is 6.75. The Morgan fingerprint density at radius 2 is 1.85 bits per heavy atom. The van der Waals surface area contributed by atoms with Crippen molar-refractivity contribution in [2.75, 3.05) is 32.8 Å². The highest BCUT2D eigenvalue weighted by Gasteiger charge is 2.30. The molecule has 0 unspecified atom stereocenters. The molecular formula is C28H25Cl2N5O4. The van der Waals surface area contributed by atoms with E-state index in [4.69, 9.17) is 47.4 Å². The summed E-state index contributed by atoms with van der Waals surface area (Å²) in [5, 5.41) is 4.66. The number of ether oxygens (including phenoxy) is 3. The zero-order chi connectivity index (χ0) is 27.5. The molecule has 0 saturated carbocycles. The van der Waals surface area contributed by atoms with E-state index in [2.05, 4.69) is 21.9 Å². The largest absolute Gasteiger partial charge is 0.495 e. The number of anilines is 1. The third-order valence-corrected chi connectivity index (χ3v) is 7.30. The number of pyridine rings is 2. The first-order valence-electron chi connectivity index (χ1n) is 12.1. The van der Waals surface area contributed by atoms with Gasteiger partial charge in [-0.25, -0.2) is 15.0 Å². The Bertz CT molecular complexity index is 1520. The van der Waals surface area contributed by atoms with Crippen LogP contribution in [0.5, 0.6) is 11.5 Å². The van der Waals surface area contributed by atoms with E-state index in [0.717, 1.165) is 5.56 Å². The minimum Gasteiger partial charge on any atom is -0.495 e. The van der Waals surface area contributed by atoms with E-state index in [1.165, 1.54) is 20.3 Å². The molecule has 4 aromatic rings. The van der Waals surface area contributed by atoms with Crippen LogP contribution in [0, 0.1) is 5.92 Å². The van der Waals surface area contributed by atoms with Crippen LogP contribution < -0.4 is 14.8 Å². The van der Waals surface area contributed by atoms with Gasteiger partial charge in [-0.05, 0) is 24.3 Å². The molecule has 1 N–H and O–H groups in total. The van der Waals surface area contributed by atoms with Gasteiger partial charge in [-0.1, -0.05) is 29.8 Å². The molecule has 4 heterocycles. The van der Waals surface area contributed by atoms with Crippen molar-refractivity contribution in [1.82, 2.24) is 19.9 Å². The first-order chi connectivity index (χ1) is 18.9. The van der Waals surface area contributed by atoms with Gasteiger partial charge < -0.3 is 19.5 Å². The van der Waals surface area contributed by atoms with Gasteiger partial charge in [0.1, 0.15) is 17.0 Å². The molecule has 1 aliphatic heterocycles. The van der Waals surface area contributed by atoms with E-state index in [1.807, 2.05) is 18.2 Å². The number of allylic oxidation sites excluding steroid dienone is 1. The summed E-state index contributed by atoms with van der Waals surface area (Å²) in [7, 11) is 3.04. The standard InChI is InChI=1S/C28H25Cl2N5O4/c1-4-18(36)9-17-13-39-14-20(17)34-28-32-12-16-10-19(23-24(29)21(37-2)11-22(38-3)25(23)30)33-26(27(16)35-28)15-5-7-31-8-6-15/h4-8,10-12,17,20H,1,9,13-14H2,2-3H3,(H,32,34,35)/t17-,20+/m0/s1. The third kappa shape index (κ3) is 5.38. The summed E-state index contributed by atoms with van der Waals surface area (Å²) in [6, 6.07) is 7.02. The third-order valence-electron chi connectivity index (χ3n) is 6.55. The van der Waals surface area contributed by atoms with Gasteiger partial charge in [-0.2, -0.15) is 0 Å². The molecule has 0 amide bonds. The number of nitrogens with zero attached hydrogens (tertiary/aromatic N) is 4. The number of carbonyl (C=O) groups excluding carboxylic acids is 1. The molecule has 1 saturated heterocycles. The highest BCUT2D eigenvalue weighted by atomic mass is 35.5. The summed E-state index contributed by atoms with van der Waals surface area (Å²) in [4.78, 5) is 30.4. The number of hydrogen-bond acceptors (Lipinski definition) is 9. The van der Waals surface area contributed by atoms with Gasteiger partial charge in [0.05, 0.1) is 54.9 Å². The van der Waals surface area contributed by atoms with Crippen LogP contribution in [0.4, 0.5) is 5.95 Å². The first kappa shape index (κ1) is 26.8. The van der Waals surface area contributed by atoms with E-state index in [9.17, 15) is 4.79 Å². The van der Waals surface area contributed by atoms with Crippen molar-refractivity contribution in [3.63, 3.8) is 0 Å². The highest BCUT2D eigenvalue weighted by molar-refractivity contribution is 6.41. The molecule has 3 aromatic heterocycles. The zero-order valence-electron chi connectivity index (χ0n) is 21.3. The molecule has 0 radical (unpaired) electrons. The second kappa shape index (κ2) is 11.5. The number of aromatic nitrogens is 4. The quantitative estimate of drug-likeness (QED) is 0.257. The lowest BCUT2D eigenvalue weighted by Gasteiger charge is -2.19. The molecule has 5 rings (SSSR count). The number of rotatable bonds is 9. The molecular weight excluding hydrogens is 541 g/mol. The number of nitrogens with one attached hydrogen (secondary N) is 1. The lowest BCUT2D eigenvalue weighted by molar-refractivity contribution is -0.115. The predicted octanol–water partition coefficient (Wildman–Crippen LogP) is 5.65. The molecule has 1 aromatic carbocycles. The van der Waals surface area contributed by atoms with Crippen LogP contribution in [-0.4, -0.2) is 59.2 Å². The van der Waals surface area contributed by atoms with Crippen LogP contribution in [0.25, 0.3) is 33.4 Å². The van der Waals surface area contributed by atoms with E-state index < -0.39 is 0 Å². The molecule has 0 aliphatic carbocycles. The smallest absolute Gasteiger partial charge is 0.223 e. The Morgan fingerprint density at radius 1 is 1.13 bits per heavy atom. The van der Waals surface area contributed by atoms with E-state index in [-0.39, 0.29) is 17.7 Å². The lowest BCUT2D eigenvalue weighted by atomic mass is 9.97. The summed E-state index contributed by atoms with van der Waals surface area (Å²) in [5.74, 6) is 1.17. The van der Waals surface area contributed by atoms with Gasteiger partial charge in [-0.3, -0.25) is 9.78 Å². The fraction of sp³-hybridized carbons (Fsp3) is 0.250. The number of methoxy groups -OCH3 is 2. The molecule has 39 heavy (non-hydrogen) atoms. The van der Waals surface area contributed by atoms with Crippen molar-refractivity contribution in [2.24, 2.45) is 5.92 Å². The van der Waals surface area contributed by atoms with Crippen molar-refractivity contribution in [3.05, 3.63) is 65.6 Å². The summed E-state index contributed by atoms with van der Waals surface area (Å²) in [5.41, 5.74) is 2.96. The van der Waals surface area contributed by atoms with Gasteiger partial charge in [0.15, 0.2) is 5.78 Å². The van der Waals surface area contributed by atoms with Crippen LogP contribution in [-0.2, 0) is 9.53 Å². The van der Waals surface area contributed by atoms with Crippen LogP contribution >= 0.6 is 23.2 Å². The van der Waals surface area contributed by atoms with Gasteiger partial charge in [0, 0.05) is 53.5 Å². The average Bonchev–Trinajstić information content (AvgIpc) is 3.39. The number of carbonyl (C=O) groups is 1. The zero-order valence-corrected chi connectivity index (χ0v) is 22.8. The fourth-order valence-electron chi connectivity index (χ4n) is 4.53. The summed E-state index contributed by atoms with van der Waals surface area (Å²) < 4.78 is 16.5. The van der Waals surface area contributed by atoms with Gasteiger partial charge in [0.2, 0.25) is 5.95 Å². The Kier molecular flexibility index (Phi) is 7.92. The average molecular weight is 566 g/mol. The minimum atomic E-state index is -0.121. The maximum absolute atomic E-state index is 11.9. The Morgan fingerprint density at radius 3 is 2.51 bits per heavy atom. The highest BCUT2D eigenvalue weighted by Crippen LogP contribution is 2.46. The predicted molar refractivity (Wildman–Crippen MR) is 151 cm³/mol. The second-order valence-corrected chi connectivity index (χ2v) is 9.69. The van der Waals surface area contributed by atoms with Crippen molar-refractivity contribution in [3.8, 4) is 34.0 Å². The van der Waals surface area contributed by atoms with Crippen molar-refractivity contribution in [2.45, 2.75) is 12.5 Å². The molecule has 1 fully saturated rings. The monoisotopic (exact) mass is 565 g/mol. The first-order valence-corrected chi connectivity index (χ1v) is 12.9. The maximum Gasteiger partial charge on any atom is 0.223 e. The van der Waals surface area contributed by atoms with Crippen LogP contribution in [0.15, 0.2) is 55.5 Å². The van der Waals surface area contributed by atoms with Crippen molar-refractivity contribution >= 4 is 45.8 Å². The number of ketones is 1. The number of fused-ring (bicyclic) bond motifs is 1. The molecule has 2 atom stereocenters. The van der Waals surface area contributed by atoms with E-state index in [1.54, 1.807) is 24.7 Å². The Labute approximate surface area is 235 Å². The van der Waals surface area contributed by atoms with Crippen LogP contribution in [0.3, 0.4) is 0 Å². The van der Waals surface area contributed by atoms with Crippen molar-refractivity contribution in [1.29, 1.82) is 0 Å². The number of halogens is 2. The Balaban J connectivity index is 1.63. The summed E-state index contributed by atoms with van der Waals surface area (Å²) >= 11 is 13.4. The number of hydrogen-bond donors (Lipinski definition) is 1. The Hall–Kier alpha value is -3.79. The van der Waals surface area contributed by atoms with Crippen molar-refractivity contribution < 1.29 is 19.0 Å². The molecule has 11 heteroatoms. The fourth-order valence-corrected chi connectivity index (χ4v) is 5.22. The SMILES string of the molecule is C=CC(=O)C[C@H]1COC[C@H]1Nc1ncc2cc(-c3c(Cl)c(OC)cc(OC)c3Cl)nc(-c3ccncc3)c2n1.